The lowest BCUT2D eigenvalue weighted by Crippen LogP contribution is -2.60. The molecular weight excluding hydrogens is 349 g/mol. The summed E-state index contributed by atoms with van der Waals surface area (Å²) >= 11 is 0. The number of piperazine rings is 1. The van der Waals surface area contributed by atoms with Gasteiger partial charge in [0, 0.05) is 32.7 Å². The van der Waals surface area contributed by atoms with Crippen LogP contribution in [0.3, 0.4) is 0 Å². The van der Waals surface area contributed by atoms with Crippen LogP contribution in [0.15, 0.2) is 24.0 Å². The second-order valence-electron chi connectivity index (χ2n) is 7.28. The zero-order chi connectivity index (χ0) is 18.5. The molecule has 0 spiro atoms. The number of nitrogens with zero attached hydrogens (tertiary/aromatic N) is 3. The Labute approximate surface area is 149 Å². The van der Waals surface area contributed by atoms with Crippen LogP contribution in [0.4, 0.5) is 13.2 Å². The lowest BCUT2D eigenvalue weighted by Gasteiger charge is -2.45. The maximum Gasteiger partial charge on any atom is 0.471 e. The average Bonchev–Trinajstić information content (AvgIpc) is 3.04. The van der Waals surface area contributed by atoms with Crippen LogP contribution in [0.2, 0.25) is 0 Å². The Hall–Kier alpha value is -2.19. The Balaban J connectivity index is 1.36. The first-order chi connectivity index (χ1) is 12.3. The summed E-state index contributed by atoms with van der Waals surface area (Å²) in [5, 5.41) is 3.25. The zero-order valence-electron chi connectivity index (χ0n) is 14.2. The van der Waals surface area contributed by atoms with E-state index in [2.05, 4.69) is 16.3 Å². The first-order valence-electron chi connectivity index (χ1n) is 8.90. The van der Waals surface area contributed by atoms with Crippen LogP contribution in [0, 0.1) is 5.92 Å². The molecule has 9 heteroatoms. The third-order valence-corrected chi connectivity index (χ3v) is 5.66. The minimum Gasteiger partial charge on any atom is -0.369 e. The molecule has 3 fully saturated rings. The Morgan fingerprint density at radius 1 is 1.27 bits per heavy atom. The van der Waals surface area contributed by atoms with Gasteiger partial charge in [-0.1, -0.05) is 12.2 Å². The summed E-state index contributed by atoms with van der Waals surface area (Å²) in [6.07, 6.45) is 2.20. The maximum absolute atomic E-state index is 12.8. The first kappa shape index (κ1) is 17.2. The molecule has 2 atom stereocenters. The number of carbonyl (C=O) groups excluding carboxylic acids is 2. The van der Waals surface area contributed by atoms with E-state index in [1.165, 1.54) is 0 Å². The number of allylic oxidation sites excluding steroid dienone is 2. The highest BCUT2D eigenvalue weighted by Crippen LogP contribution is 2.30. The van der Waals surface area contributed by atoms with Gasteiger partial charge in [0.05, 0.1) is 6.04 Å². The van der Waals surface area contributed by atoms with Crippen LogP contribution < -0.4 is 5.32 Å². The van der Waals surface area contributed by atoms with E-state index in [-0.39, 0.29) is 37.0 Å². The molecule has 0 aliphatic carbocycles. The van der Waals surface area contributed by atoms with Crippen molar-refractivity contribution in [2.45, 2.75) is 31.1 Å². The molecule has 4 heterocycles. The van der Waals surface area contributed by atoms with Crippen LogP contribution >= 0.6 is 0 Å². The molecule has 0 aromatic carbocycles. The lowest BCUT2D eigenvalue weighted by atomic mass is 9.94. The predicted molar refractivity (Wildman–Crippen MR) is 86.6 cm³/mol. The van der Waals surface area contributed by atoms with Crippen molar-refractivity contribution >= 4 is 11.8 Å². The summed E-state index contributed by atoms with van der Waals surface area (Å²) in [5.41, 5.74) is 0. The van der Waals surface area contributed by atoms with Crippen LogP contribution in [-0.2, 0) is 9.59 Å². The van der Waals surface area contributed by atoms with E-state index in [0.717, 1.165) is 10.7 Å². The molecule has 4 rings (SSSR count). The quantitative estimate of drug-likeness (QED) is 0.777. The van der Waals surface area contributed by atoms with Gasteiger partial charge in [-0.15, -0.1) is 0 Å². The monoisotopic (exact) mass is 370 g/mol. The summed E-state index contributed by atoms with van der Waals surface area (Å²) in [5.74, 6) is -0.584. The molecule has 26 heavy (non-hydrogen) atoms. The largest absolute Gasteiger partial charge is 0.471 e. The van der Waals surface area contributed by atoms with E-state index in [1.54, 1.807) is 0 Å². The van der Waals surface area contributed by atoms with Gasteiger partial charge >= 0.3 is 12.1 Å². The highest BCUT2D eigenvalue weighted by Gasteiger charge is 2.46. The van der Waals surface area contributed by atoms with Gasteiger partial charge < -0.3 is 20.0 Å². The van der Waals surface area contributed by atoms with Crippen molar-refractivity contribution in [3.8, 4) is 0 Å². The van der Waals surface area contributed by atoms with Crippen molar-refractivity contribution < 1.29 is 22.8 Å². The minimum absolute atomic E-state index is 0.0706. The average molecular weight is 370 g/mol. The zero-order valence-corrected chi connectivity index (χ0v) is 14.2. The highest BCUT2D eigenvalue weighted by molar-refractivity contribution is 5.84. The third kappa shape index (κ3) is 2.93. The van der Waals surface area contributed by atoms with E-state index < -0.39 is 12.1 Å². The van der Waals surface area contributed by atoms with Crippen LogP contribution in [-0.4, -0.2) is 77.5 Å². The molecule has 0 saturated carbocycles. The van der Waals surface area contributed by atoms with E-state index in [4.69, 9.17) is 0 Å². The fraction of sp³-hybridized carbons (Fsp3) is 0.647. The standard InChI is InChI=1S/C17H21F3N4O2/c18-17(19,20)16(26)22-6-4-11(5-7-22)9-23-10-12-2-1-3-14-21-8-13(15(23)25)24(12)14/h1-3,11-13,21H,4-10H2. The van der Waals surface area contributed by atoms with E-state index >= 15 is 0 Å². The number of rotatable bonds is 2. The van der Waals surface area contributed by atoms with Gasteiger partial charge in [-0.3, -0.25) is 9.59 Å². The van der Waals surface area contributed by atoms with Gasteiger partial charge in [0.1, 0.15) is 11.9 Å². The number of likely N-dealkylation sites (tertiary alicyclic amines) is 1. The summed E-state index contributed by atoms with van der Waals surface area (Å²) in [6.45, 7) is 1.90. The second kappa shape index (κ2) is 6.21. The number of nitrogens with one attached hydrogen (secondary N) is 1. The van der Waals surface area contributed by atoms with Crippen LogP contribution in [0.25, 0.3) is 0 Å². The SMILES string of the molecule is O=C1C2CNC3=CC=CC(CN1CC1CCN(C(=O)C(F)(F)F)CC1)N32. The minimum atomic E-state index is -4.81. The first-order valence-corrected chi connectivity index (χ1v) is 8.90. The van der Waals surface area contributed by atoms with Crippen molar-refractivity contribution in [2.75, 3.05) is 32.7 Å². The number of piperidine rings is 1. The van der Waals surface area contributed by atoms with Gasteiger partial charge in [-0.05, 0) is 24.8 Å². The van der Waals surface area contributed by atoms with Gasteiger partial charge in [0.25, 0.3) is 0 Å². The maximum atomic E-state index is 12.8. The molecule has 142 valence electrons. The number of alkyl halides is 3. The molecule has 3 saturated heterocycles. The van der Waals surface area contributed by atoms with Crippen molar-refractivity contribution in [1.82, 2.24) is 20.0 Å². The topological polar surface area (TPSA) is 55.9 Å². The van der Waals surface area contributed by atoms with Crippen molar-refractivity contribution in [2.24, 2.45) is 5.92 Å². The number of hydrogen-bond acceptors (Lipinski definition) is 4. The Morgan fingerprint density at radius 2 is 2.00 bits per heavy atom. The number of hydrogen-bond donors (Lipinski definition) is 1. The molecule has 6 nitrogen and oxygen atoms in total. The van der Waals surface area contributed by atoms with E-state index in [9.17, 15) is 22.8 Å². The Morgan fingerprint density at radius 3 is 2.69 bits per heavy atom. The third-order valence-electron chi connectivity index (χ3n) is 5.66. The van der Waals surface area contributed by atoms with Crippen molar-refractivity contribution in [3.63, 3.8) is 0 Å². The predicted octanol–water partition coefficient (Wildman–Crippen LogP) is 0.683. The highest BCUT2D eigenvalue weighted by atomic mass is 19.4. The fourth-order valence-corrected chi connectivity index (χ4v) is 4.34. The van der Waals surface area contributed by atoms with Gasteiger partial charge in [-0.25, -0.2) is 0 Å². The van der Waals surface area contributed by atoms with Crippen LogP contribution in [0.5, 0.6) is 0 Å². The summed E-state index contributed by atoms with van der Waals surface area (Å²) in [7, 11) is 0. The number of halogens is 3. The molecular formula is C17H21F3N4O2. The van der Waals surface area contributed by atoms with Gasteiger partial charge in [-0.2, -0.15) is 13.2 Å². The molecule has 4 aliphatic heterocycles. The second-order valence-corrected chi connectivity index (χ2v) is 7.28. The lowest BCUT2D eigenvalue weighted by molar-refractivity contribution is -0.186. The number of carbonyl (C=O) groups is 2. The van der Waals surface area contributed by atoms with E-state index in [0.29, 0.717) is 32.5 Å². The van der Waals surface area contributed by atoms with Crippen molar-refractivity contribution in [1.29, 1.82) is 0 Å². The Bertz CT molecular complexity index is 667. The fourth-order valence-electron chi connectivity index (χ4n) is 4.34. The molecule has 1 N–H and O–H groups in total. The molecule has 0 bridgehead atoms. The smallest absolute Gasteiger partial charge is 0.369 e. The molecule has 0 aromatic heterocycles. The molecule has 4 aliphatic rings. The molecule has 2 amide bonds. The van der Waals surface area contributed by atoms with E-state index in [1.807, 2.05) is 17.1 Å². The van der Waals surface area contributed by atoms with Gasteiger partial charge in [0.2, 0.25) is 5.91 Å². The Kier molecular flexibility index (Phi) is 4.11. The molecule has 0 aromatic rings. The molecule has 2 unspecified atom stereocenters. The molecule has 0 radical (unpaired) electrons. The summed E-state index contributed by atoms with van der Waals surface area (Å²) in [4.78, 5) is 29.0. The number of amides is 2. The van der Waals surface area contributed by atoms with Crippen LogP contribution in [0.1, 0.15) is 12.8 Å². The van der Waals surface area contributed by atoms with Gasteiger partial charge in [0.15, 0.2) is 0 Å². The summed E-state index contributed by atoms with van der Waals surface area (Å²) in [6, 6.07) is -0.0727. The summed E-state index contributed by atoms with van der Waals surface area (Å²) < 4.78 is 37.6. The normalized spacial score (nSPS) is 28.8. The van der Waals surface area contributed by atoms with Crippen molar-refractivity contribution in [3.05, 3.63) is 24.0 Å².